The Labute approximate surface area is 258 Å². The average Bonchev–Trinajstić information content (AvgIpc) is 3.81. The fourth-order valence-electron chi connectivity index (χ4n) is 5.19. The van der Waals surface area contributed by atoms with Gasteiger partial charge in [0.2, 0.25) is 0 Å². The lowest BCUT2D eigenvalue weighted by atomic mass is 9.97. The van der Waals surface area contributed by atoms with Crippen molar-refractivity contribution in [2.45, 2.75) is 25.7 Å². The predicted molar refractivity (Wildman–Crippen MR) is 166 cm³/mol. The van der Waals surface area contributed by atoms with Crippen molar-refractivity contribution in [2.24, 2.45) is 0 Å². The van der Waals surface area contributed by atoms with Gasteiger partial charge in [0.15, 0.2) is 5.82 Å². The molecule has 0 aliphatic carbocycles. The van der Waals surface area contributed by atoms with Crippen molar-refractivity contribution >= 4 is 33.4 Å². The molecule has 0 radical (unpaired) electrons. The maximum absolute atomic E-state index is 9.10. The number of hydrogen-bond acceptors (Lipinski definition) is 9. The van der Waals surface area contributed by atoms with Gasteiger partial charge in [0.1, 0.15) is 18.1 Å². The Bertz CT molecular complexity index is 1690. The molecule has 11 nitrogen and oxygen atoms in total. The van der Waals surface area contributed by atoms with Gasteiger partial charge in [0.05, 0.1) is 7.11 Å². The van der Waals surface area contributed by atoms with Crippen LogP contribution < -0.4 is 9.47 Å². The third kappa shape index (κ3) is 7.77. The Balaban J connectivity index is 0.000000584. The summed E-state index contributed by atoms with van der Waals surface area (Å²) in [5.74, 6) is -1.16. The number of H-pyrrole nitrogens is 1. The SMILES string of the molecule is COc1cc(Cc2c(-c3ccc(OCCN4CCCC4)cc3)sc3ccccc23)ccc1Cc1nnn[nH]1.O=C(O)C(=O)O. The van der Waals surface area contributed by atoms with Crippen LogP contribution in [0.15, 0.2) is 66.7 Å². The third-order valence-electron chi connectivity index (χ3n) is 7.35. The lowest BCUT2D eigenvalue weighted by Gasteiger charge is -2.15. The summed E-state index contributed by atoms with van der Waals surface area (Å²) in [6, 6.07) is 23.7. The Morgan fingerprint density at radius 1 is 0.977 bits per heavy atom. The number of hydrogen-bond donors (Lipinski definition) is 3. The van der Waals surface area contributed by atoms with Gasteiger partial charge in [0.25, 0.3) is 0 Å². The van der Waals surface area contributed by atoms with Gasteiger partial charge in [-0.15, -0.1) is 16.4 Å². The molecule has 0 atom stereocenters. The molecule has 5 aromatic rings. The Kier molecular flexibility index (Phi) is 10.2. The summed E-state index contributed by atoms with van der Waals surface area (Å²) in [7, 11) is 1.71. The topological polar surface area (TPSA) is 151 Å². The number of aromatic amines is 1. The number of carboxylic acid groups (broad SMARTS) is 2. The lowest BCUT2D eigenvalue weighted by Crippen LogP contribution is -2.25. The minimum atomic E-state index is -1.82. The number of tetrazole rings is 1. The number of aliphatic carboxylic acids is 2. The Morgan fingerprint density at radius 2 is 1.73 bits per heavy atom. The van der Waals surface area contributed by atoms with E-state index in [1.807, 2.05) is 11.3 Å². The minimum absolute atomic E-state index is 0.593. The van der Waals surface area contributed by atoms with Crippen LogP contribution in [0, 0.1) is 0 Å². The van der Waals surface area contributed by atoms with Crippen LogP contribution in [-0.2, 0) is 22.4 Å². The maximum atomic E-state index is 9.10. The van der Waals surface area contributed by atoms with Gasteiger partial charge in [-0.2, -0.15) is 0 Å². The monoisotopic (exact) mass is 615 g/mol. The van der Waals surface area contributed by atoms with Gasteiger partial charge in [-0.05, 0) is 101 Å². The van der Waals surface area contributed by atoms with Crippen LogP contribution in [0.3, 0.4) is 0 Å². The molecule has 3 N–H and O–H groups in total. The molecule has 228 valence electrons. The number of benzene rings is 3. The first-order chi connectivity index (χ1) is 21.4. The van der Waals surface area contributed by atoms with Gasteiger partial charge in [-0.25, -0.2) is 14.7 Å². The number of methoxy groups -OCH3 is 1. The summed E-state index contributed by atoms with van der Waals surface area (Å²) < 4.78 is 13.1. The van der Waals surface area contributed by atoms with E-state index < -0.39 is 11.9 Å². The zero-order chi connectivity index (χ0) is 30.9. The van der Waals surface area contributed by atoms with Gasteiger partial charge in [0, 0.05) is 28.1 Å². The molecule has 6 rings (SSSR count). The molecular formula is C32H33N5O6S. The van der Waals surface area contributed by atoms with Crippen LogP contribution in [0.2, 0.25) is 0 Å². The summed E-state index contributed by atoms with van der Waals surface area (Å²) >= 11 is 1.85. The van der Waals surface area contributed by atoms with E-state index in [9.17, 15) is 0 Å². The number of nitrogens with zero attached hydrogens (tertiary/aromatic N) is 4. The lowest BCUT2D eigenvalue weighted by molar-refractivity contribution is -0.159. The number of likely N-dealkylation sites (tertiary alicyclic amines) is 1. The van der Waals surface area contributed by atoms with Crippen LogP contribution >= 0.6 is 11.3 Å². The molecule has 1 saturated heterocycles. The highest BCUT2D eigenvalue weighted by Crippen LogP contribution is 2.40. The highest BCUT2D eigenvalue weighted by atomic mass is 32.1. The third-order valence-corrected chi connectivity index (χ3v) is 8.61. The second-order valence-corrected chi connectivity index (χ2v) is 11.3. The number of carboxylic acids is 2. The van der Waals surface area contributed by atoms with E-state index in [2.05, 4.69) is 92.3 Å². The van der Waals surface area contributed by atoms with E-state index in [1.54, 1.807) is 7.11 Å². The average molecular weight is 616 g/mol. The smallest absolute Gasteiger partial charge is 0.414 e. The van der Waals surface area contributed by atoms with Gasteiger partial charge in [-0.3, -0.25) is 4.90 Å². The van der Waals surface area contributed by atoms with E-state index in [-0.39, 0.29) is 0 Å². The fourth-order valence-corrected chi connectivity index (χ4v) is 6.42. The summed E-state index contributed by atoms with van der Waals surface area (Å²) in [6.07, 6.45) is 4.02. The Hall–Kier alpha value is -4.81. The van der Waals surface area contributed by atoms with Crippen LogP contribution in [0.1, 0.15) is 35.4 Å². The summed E-state index contributed by atoms with van der Waals surface area (Å²) in [6.45, 7) is 4.13. The van der Waals surface area contributed by atoms with E-state index >= 15 is 0 Å². The molecule has 2 aromatic heterocycles. The van der Waals surface area contributed by atoms with Crippen LogP contribution in [0.25, 0.3) is 20.5 Å². The number of thiophene rings is 1. The van der Waals surface area contributed by atoms with Crippen LogP contribution in [0.4, 0.5) is 0 Å². The zero-order valence-electron chi connectivity index (χ0n) is 24.2. The number of ether oxygens (including phenoxy) is 2. The molecule has 1 aliphatic heterocycles. The van der Waals surface area contributed by atoms with Crippen molar-refractivity contribution in [3.8, 4) is 21.9 Å². The molecule has 0 saturated carbocycles. The van der Waals surface area contributed by atoms with Gasteiger partial charge < -0.3 is 19.7 Å². The maximum Gasteiger partial charge on any atom is 0.414 e. The molecule has 12 heteroatoms. The molecule has 0 bridgehead atoms. The number of nitrogens with one attached hydrogen (secondary N) is 1. The van der Waals surface area contributed by atoms with Crippen molar-refractivity contribution in [1.82, 2.24) is 25.5 Å². The molecule has 0 amide bonds. The van der Waals surface area contributed by atoms with Crippen LogP contribution in [0.5, 0.6) is 11.5 Å². The quantitative estimate of drug-likeness (QED) is 0.185. The molecule has 0 spiro atoms. The van der Waals surface area contributed by atoms with Crippen LogP contribution in [-0.4, -0.2) is 81.0 Å². The normalized spacial score (nSPS) is 12.9. The Morgan fingerprint density at radius 3 is 2.41 bits per heavy atom. The van der Waals surface area contributed by atoms with Crippen molar-refractivity contribution in [3.05, 3.63) is 89.2 Å². The molecule has 44 heavy (non-hydrogen) atoms. The molecule has 1 aliphatic rings. The summed E-state index contributed by atoms with van der Waals surface area (Å²) in [4.78, 5) is 22.0. The minimum Gasteiger partial charge on any atom is -0.496 e. The number of aromatic nitrogens is 4. The molecule has 0 unspecified atom stereocenters. The number of fused-ring (bicyclic) bond motifs is 1. The van der Waals surface area contributed by atoms with Crippen molar-refractivity contribution in [2.75, 3.05) is 33.4 Å². The van der Waals surface area contributed by atoms with Crippen molar-refractivity contribution in [1.29, 1.82) is 0 Å². The number of carbonyl (C=O) groups is 2. The molecule has 3 heterocycles. The summed E-state index contributed by atoms with van der Waals surface area (Å²) in [5.41, 5.74) is 4.80. The van der Waals surface area contributed by atoms with E-state index in [0.29, 0.717) is 12.2 Å². The number of rotatable bonds is 10. The van der Waals surface area contributed by atoms with Gasteiger partial charge >= 0.3 is 11.9 Å². The predicted octanol–water partition coefficient (Wildman–Crippen LogP) is 4.90. The highest BCUT2D eigenvalue weighted by molar-refractivity contribution is 7.22. The van der Waals surface area contributed by atoms with Gasteiger partial charge in [-0.1, -0.05) is 30.3 Å². The first kappa shape index (κ1) is 30.6. The largest absolute Gasteiger partial charge is 0.496 e. The summed E-state index contributed by atoms with van der Waals surface area (Å²) in [5, 5.41) is 30.3. The molecule has 1 fully saturated rings. The first-order valence-corrected chi connectivity index (χ1v) is 15.0. The second-order valence-electron chi connectivity index (χ2n) is 10.3. The van der Waals surface area contributed by atoms with E-state index in [0.717, 1.165) is 36.6 Å². The molecular weight excluding hydrogens is 582 g/mol. The standard InChI is InChI=1S/C30H31N5O2S.C2H2O4/c1-36-27-19-21(8-9-23(27)20-29-31-33-34-32-29)18-26-25-6-2-3-7-28(25)38-30(26)22-10-12-24(13-11-22)37-17-16-35-14-4-5-15-35;3-1(4)2(5)6/h2-3,6-13,19H,4-5,14-18,20H2,1H3,(H,31,32,33,34);(H,3,4)(H,5,6). The first-order valence-electron chi connectivity index (χ1n) is 14.2. The van der Waals surface area contributed by atoms with Crippen molar-refractivity contribution in [3.63, 3.8) is 0 Å². The second kappa shape index (κ2) is 14.6. The fraction of sp³-hybridized carbons (Fsp3) is 0.281. The highest BCUT2D eigenvalue weighted by Gasteiger charge is 2.16. The van der Waals surface area contributed by atoms with Crippen molar-refractivity contribution < 1.29 is 29.3 Å². The van der Waals surface area contributed by atoms with E-state index in [4.69, 9.17) is 29.3 Å². The van der Waals surface area contributed by atoms with E-state index in [1.165, 1.54) is 57.6 Å². The zero-order valence-corrected chi connectivity index (χ0v) is 25.0. The molecule has 3 aromatic carbocycles.